The number of rotatable bonds is 7. The summed E-state index contributed by atoms with van der Waals surface area (Å²) in [7, 11) is 1.64. The van der Waals surface area contributed by atoms with Gasteiger partial charge in [-0.15, -0.1) is 0 Å². The highest BCUT2D eigenvalue weighted by molar-refractivity contribution is 5.96. The maximum absolute atomic E-state index is 12.5. The van der Waals surface area contributed by atoms with E-state index in [1.807, 2.05) is 25.1 Å². The van der Waals surface area contributed by atoms with Crippen LogP contribution in [0.5, 0.6) is 5.75 Å². The van der Waals surface area contributed by atoms with Gasteiger partial charge in [0.15, 0.2) is 0 Å². The van der Waals surface area contributed by atoms with E-state index in [2.05, 4.69) is 24.1 Å². The van der Waals surface area contributed by atoms with E-state index in [1.54, 1.807) is 7.11 Å². The van der Waals surface area contributed by atoms with Gasteiger partial charge >= 0.3 is 0 Å². The highest BCUT2D eigenvalue weighted by atomic mass is 16.5. The third-order valence-corrected chi connectivity index (χ3v) is 4.33. The van der Waals surface area contributed by atoms with Crippen LogP contribution in [0.15, 0.2) is 18.2 Å². The molecule has 1 aliphatic rings. The fourth-order valence-corrected chi connectivity index (χ4v) is 2.67. The summed E-state index contributed by atoms with van der Waals surface area (Å²) < 4.78 is 5.19. The van der Waals surface area contributed by atoms with Gasteiger partial charge in [0.2, 0.25) is 0 Å². The first-order valence-corrected chi connectivity index (χ1v) is 7.73. The molecule has 1 saturated carbocycles. The Hall–Kier alpha value is -1.55. The molecule has 0 heterocycles. The van der Waals surface area contributed by atoms with Gasteiger partial charge in [0.25, 0.3) is 5.91 Å². The molecule has 0 atom stereocenters. The highest BCUT2D eigenvalue weighted by Gasteiger charge is 2.45. The van der Waals surface area contributed by atoms with Crippen LogP contribution in [-0.2, 0) is 0 Å². The van der Waals surface area contributed by atoms with Gasteiger partial charge in [0.05, 0.1) is 12.6 Å². The van der Waals surface area contributed by atoms with Crippen LogP contribution in [0.3, 0.4) is 0 Å². The molecule has 116 valence electrons. The average Bonchev–Trinajstić information content (AvgIpc) is 3.23. The summed E-state index contributed by atoms with van der Waals surface area (Å²) >= 11 is 0. The topological polar surface area (TPSA) is 41.6 Å². The summed E-state index contributed by atoms with van der Waals surface area (Å²) in [6, 6.07) is 5.59. The maximum Gasteiger partial charge on any atom is 0.252 e. The van der Waals surface area contributed by atoms with Crippen LogP contribution in [-0.4, -0.2) is 43.1 Å². The number of hydrogen-bond acceptors (Lipinski definition) is 3. The summed E-state index contributed by atoms with van der Waals surface area (Å²) in [5.74, 6) is 0.813. The molecule has 1 amide bonds. The monoisotopic (exact) mass is 290 g/mol. The van der Waals surface area contributed by atoms with Crippen molar-refractivity contribution in [3.05, 3.63) is 29.3 Å². The summed E-state index contributed by atoms with van der Waals surface area (Å²) in [4.78, 5) is 14.9. The first kappa shape index (κ1) is 15.8. The van der Waals surface area contributed by atoms with Crippen molar-refractivity contribution in [3.63, 3.8) is 0 Å². The molecule has 0 aromatic heterocycles. The van der Waals surface area contributed by atoms with Gasteiger partial charge in [0, 0.05) is 12.1 Å². The molecular weight excluding hydrogens is 264 g/mol. The van der Waals surface area contributed by atoms with Crippen molar-refractivity contribution in [2.45, 2.75) is 39.2 Å². The van der Waals surface area contributed by atoms with Crippen molar-refractivity contribution >= 4 is 5.91 Å². The molecule has 0 aliphatic heterocycles. The molecule has 0 radical (unpaired) electrons. The molecule has 1 aliphatic carbocycles. The van der Waals surface area contributed by atoms with Gasteiger partial charge < -0.3 is 15.0 Å². The average molecular weight is 290 g/mol. The number of likely N-dealkylation sites (N-methyl/N-ethyl adjacent to an activating group) is 1. The number of carbonyl (C=O) groups excluding carboxylic acids is 1. The second-order valence-electron chi connectivity index (χ2n) is 5.88. The number of amides is 1. The number of benzene rings is 1. The van der Waals surface area contributed by atoms with Gasteiger partial charge in [-0.05, 0) is 56.6 Å². The molecule has 0 saturated heterocycles. The zero-order chi connectivity index (χ0) is 15.5. The zero-order valence-electron chi connectivity index (χ0n) is 13.5. The van der Waals surface area contributed by atoms with Crippen LogP contribution >= 0.6 is 0 Å². The van der Waals surface area contributed by atoms with Gasteiger partial charge in [-0.2, -0.15) is 0 Å². The van der Waals surface area contributed by atoms with Gasteiger partial charge in [0.1, 0.15) is 5.75 Å². The van der Waals surface area contributed by atoms with E-state index in [1.165, 1.54) is 0 Å². The molecular formula is C17H26N2O2. The molecule has 1 aromatic rings. The number of methoxy groups -OCH3 is 1. The second kappa shape index (κ2) is 6.48. The predicted octanol–water partition coefficient (Wildman–Crippen LogP) is 2.61. The molecule has 4 nitrogen and oxygen atoms in total. The predicted molar refractivity (Wildman–Crippen MR) is 85.0 cm³/mol. The van der Waals surface area contributed by atoms with E-state index in [0.717, 1.165) is 49.4 Å². The van der Waals surface area contributed by atoms with Crippen LogP contribution in [0.1, 0.15) is 42.6 Å². The summed E-state index contributed by atoms with van der Waals surface area (Å²) in [5, 5.41) is 3.24. The molecule has 0 bridgehead atoms. The van der Waals surface area contributed by atoms with E-state index in [-0.39, 0.29) is 11.4 Å². The lowest BCUT2D eigenvalue weighted by atomic mass is 10.1. The minimum Gasteiger partial charge on any atom is -0.497 e. The number of hydrogen-bond donors (Lipinski definition) is 1. The van der Waals surface area contributed by atoms with Crippen molar-refractivity contribution < 1.29 is 9.53 Å². The van der Waals surface area contributed by atoms with Crippen molar-refractivity contribution in [1.82, 2.24) is 10.2 Å². The third-order valence-electron chi connectivity index (χ3n) is 4.33. The van der Waals surface area contributed by atoms with E-state index in [0.29, 0.717) is 0 Å². The van der Waals surface area contributed by atoms with E-state index >= 15 is 0 Å². The summed E-state index contributed by atoms with van der Waals surface area (Å²) in [6.45, 7) is 9.26. The first-order chi connectivity index (χ1) is 10.0. The Kier molecular flexibility index (Phi) is 4.88. The van der Waals surface area contributed by atoms with Crippen LogP contribution < -0.4 is 10.1 Å². The minimum atomic E-state index is -0.0184. The molecule has 1 aromatic carbocycles. The Morgan fingerprint density at radius 1 is 1.33 bits per heavy atom. The van der Waals surface area contributed by atoms with E-state index in [9.17, 15) is 4.79 Å². The number of carbonyl (C=O) groups is 1. The van der Waals surface area contributed by atoms with Crippen molar-refractivity contribution in [3.8, 4) is 5.75 Å². The Bertz CT molecular complexity index is 506. The largest absolute Gasteiger partial charge is 0.497 e. The SMILES string of the molecule is CCN(CC)CC1(NC(=O)c2ccc(OC)cc2C)CC1. The number of aryl methyl sites for hydroxylation is 1. The number of ether oxygens (including phenoxy) is 1. The van der Waals surface area contributed by atoms with Gasteiger partial charge in [-0.1, -0.05) is 13.8 Å². The lowest BCUT2D eigenvalue weighted by molar-refractivity contribution is 0.0917. The Labute approximate surface area is 127 Å². The Morgan fingerprint density at radius 3 is 2.48 bits per heavy atom. The quantitative estimate of drug-likeness (QED) is 0.839. The van der Waals surface area contributed by atoms with E-state index < -0.39 is 0 Å². The fourth-order valence-electron chi connectivity index (χ4n) is 2.67. The standard InChI is InChI=1S/C17H26N2O2/c1-5-19(6-2)12-17(9-10-17)18-16(20)15-8-7-14(21-4)11-13(15)3/h7-8,11H,5-6,9-10,12H2,1-4H3,(H,18,20). The molecule has 1 fully saturated rings. The van der Waals surface area contributed by atoms with Crippen LogP contribution in [0, 0.1) is 6.92 Å². The summed E-state index contributed by atoms with van der Waals surface area (Å²) in [6.07, 6.45) is 2.15. The first-order valence-electron chi connectivity index (χ1n) is 7.73. The Morgan fingerprint density at radius 2 is 2.00 bits per heavy atom. The van der Waals surface area contributed by atoms with Crippen LogP contribution in [0.25, 0.3) is 0 Å². The van der Waals surface area contributed by atoms with Crippen LogP contribution in [0.4, 0.5) is 0 Å². The molecule has 1 N–H and O–H groups in total. The molecule has 4 heteroatoms. The zero-order valence-corrected chi connectivity index (χ0v) is 13.5. The highest BCUT2D eigenvalue weighted by Crippen LogP contribution is 2.36. The number of nitrogens with one attached hydrogen (secondary N) is 1. The van der Waals surface area contributed by atoms with Gasteiger partial charge in [-0.25, -0.2) is 0 Å². The lowest BCUT2D eigenvalue weighted by Crippen LogP contribution is -2.46. The van der Waals surface area contributed by atoms with Gasteiger partial charge in [-0.3, -0.25) is 4.79 Å². The van der Waals surface area contributed by atoms with Crippen LogP contribution in [0.2, 0.25) is 0 Å². The third kappa shape index (κ3) is 3.76. The lowest BCUT2D eigenvalue weighted by Gasteiger charge is -2.26. The summed E-state index contributed by atoms with van der Waals surface area (Å²) in [5.41, 5.74) is 1.67. The molecule has 0 spiro atoms. The van der Waals surface area contributed by atoms with Crippen molar-refractivity contribution in [2.75, 3.05) is 26.7 Å². The number of nitrogens with zero attached hydrogens (tertiary/aromatic N) is 1. The Balaban J connectivity index is 2.04. The minimum absolute atomic E-state index is 0.0184. The molecule has 0 unspecified atom stereocenters. The van der Waals surface area contributed by atoms with Crippen molar-refractivity contribution in [1.29, 1.82) is 0 Å². The second-order valence-corrected chi connectivity index (χ2v) is 5.88. The van der Waals surface area contributed by atoms with E-state index in [4.69, 9.17) is 4.74 Å². The fraction of sp³-hybridized carbons (Fsp3) is 0.588. The maximum atomic E-state index is 12.5. The van der Waals surface area contributed by atoms with Crippen molar-refractivity contribution in [2.24, 2.45) is 0 Å². The smallest absolute Gasteiger partial charge is 0.252 e. The normalized spacial score (nSPS) is 15.9. The molecule has 21 heavy (non-hydrogen) atoms. The molecule has 2 rings (SSSR count).